The van der Waals surface area contributed by atoms with Crippen LogP contribution in [0.1, 0.15) is 33.4 Å². The third-order valence-electron chi connectivity index (χ3n) is 3.10. The van der Waals surface area contributed by atoms with Gasteiger partial charge in [0.25, 0.3) is 5.91 Å². The third-order valence-corrected chi connectivity index (χ3v) is 3.10. The number of aliphatic hydroxyl groups excluding tert-OH is 1. The molecule has 0 spiro atoms. The number of hydrogen-bond acceptors (Lipinski definition) is 3. The first kappa shape index (κ1) is 12.8. The molecule has 0 fully saturated rings. The van der Waals surface area contributed by atoms with Crippen molar-refractivity contribution in [2.75, 3.05) is 4.90 Å². The molecule has 1 N–H and O–H groups in total. The summed E-state index contributed by atoms with van der Waals surface area (Å²) in [5.41, 5.74) is 1.50. The number of anilines is 1. The smallest absolute Gasteiger partial charge is 0.257 e. The first-order chi connectivity index (χ1) is 8.21. The Morgan fingerprint density at radius 3 is 2.39 bits per heavy atom. The van der Waals surface area contributed by atoms with E-state index >= 15 is 0 Å². The van der Waals surface area contributed by atoms with E-state index in [2.05, 4.69) is 25.9 Å². The van der Waals surface area contributed by atoms with Crippen LogP contribution in [0.3, 0.4) is 0 Å². The van der Waals surface area contributed by atoms with Gasteiger partial charge < -0.3 is 5.11 Å². The highest BCUT2D eigenvalue weighted by atomic mass is 16.3. The summed E-state index contributed by atoms with van der Waals surface area (Å²) in [4.78, 5) is 13.2. The summed E-state index contributed by atoms with van der Waals surface area (Å²) < 4.78 is 1.75. The number of carbonyl (C=O) groups excluding carboxylic acids is 1. The van der Waals surface area contributed by atoms with Gasteiger partial charge in [-0.15, -0.1) is 0 Å². The highest BCUT2D eigenvalue weighted by molar-refractivity contribution is 6.07. The van der Waals surface area contributed by atoms with Gasteiger partial charge in [-0.1, -0.05) is 20.8 Å². The SMILES string of the molecule is CC1=CC(O)N(c2cc(C(C)(C)C)n(C)n2)C1=O. The molecule has 18 heavy (non-hydrogen) atoms. The van der Waals surface area contributed by atoms with Crippen molar-refractivity contribution >= 4 is 11.7 Å². The number of carbonyl (C=O) groups is 1. The quantitative estimate of drug-likeness (QED) is 0.817. The Bertz CT molecular complexity index is 523. The summed E-state index contributed by atoms with van der Waals surface area (Å²) in [6.07, 6.45) is 0.619. The van der Waals surface area contributed by atoms with Crippen LogP contribution in [0.4, 0.5) is 5.82 Å². The molecule has 1 unspecified atom stereocenters. The van der Waals surface area contributed by atoms with E-state index in [1.165, 1.54) is 11.0 Å². The van der Waals surface area contributed by atoms with Crippen molar-refractivity contribution in [1.29, 1.82) is 0 Å². The van der Waals surface area contributed by atoms with Gasteiger partial charge in [-0.05, 0) is 13.0 Å². The van der Waals surface area contributed by atoms with Crippen LogP contribution in [0, 0.1) is 0 Å². The van der Waals surface area contributed by atoms with Gasteiger partial charge in [-0.2, -0.15) is 5.10 Å². The van der Waals surface area contributed by atoms with Crippen LogP contribution >= 0.6 is 0 Å². The molecule has 0 saturated heterocycles. The van der Waals surface area contributed by atoms with Crippen molar-refractivity contribution < 1.29 is 9.90 Å². The molecule has 2 heterocycles. The number of aromatic nitrogens is 2. The molecule has 0 bridgehead atoms. The van der Waals surface area contributed by atoms with Crippen LogP contribution in [-0.2, 0) is 17.3 Å². The van der Waals surface area contributed by atoms with Crippen molar-refractivity contribution in [2.24, 2.45) is 7.05 Å². The Labute approximate surface area is 107 Å². The summed E-state index contributed by atoms with van der Waals surface area (Å²) in [5.74, 6) is 0.300. The molecule has 1 aromatic heterocycles. The van der Waals surface area contributed by atoms with Crippen LogP contribution < -0.4 is 4.90 Å². The number of aliphatic hydroxyl groups is 1. The maximum atomic E-state index is 11.9. The first-order valence-corrected chi connectivity index (χ1v) is 5.96. The molecule has 2 rings (SSSR count). The number of aryl methyl sites for hydroxylation is 1. The lowest BCUT2D eigenvalue weighted by molar-refractivity contribution is -0.115. The standard InChI is InChI=1S/C13H19N3O2/c1-8-6-11(17)16(12(8)18)10-7-9(13(2,3)4)15(5)14-10/h6-7,11,17H,1-5H3. The second-order valence-corrected chi connectivity index (χ2v) is 5.70. The maximum Gasteiger partial charge on any atom is 0.257 e. The summed E-state index contributed by atoms with van der Waals surface area (Å²) in [6.45, 7) is 7.94. The van der Waals surface area contributed by atoms with E-state index in [0.29, 0.717) is 11.4 Å². The molecule has 98 valence electrons. The van der Waals surface area contributed by atoms with Crippen LogP contribution in [-0.4, -0.2) is 27.0 Å². The van der Waals surface area contributed by atoms with Gasteiger partial charge in [0.1, 0.15) is 0 Å². The first-order valence-electron chi connectivity index (χ1n) is 5.96. The van der Waals surface area contributed by atoms with Gasteiger partial charge in [-0.3, -0.25) is 14.4 Å². The molecular weight excluding hydrogens is 230 g/mol. The lowest BCUT2D eigenvalue weighted by Gasteiger charge is -2.18. The highest BCUT2D eigenvalue weighted by Gasteiger charge is 2.33. The van der Waals surface area contributed by atoms with E-state index in [1.54, 1.807) is 11.6 Å². The van der Waals surface area contributed by atoms with Gasteiger partial charge in [0.05, 0.1) is 0 Å². The zero-order valence-corrected chi connectivity index (χ0v) is 11.4. The van der Waals surface area contributed by atoms with Crippen molar-refractivity contribution in [3.05, 3.63) is 23.4 Å². The summed E-state index contributed by atoms with van der Waals surface area (Å²) in [7, 11) is 1.84. The summed E-state index contributed by atoms with van der Waals surface area (Å²) in [6, 6.07) is 1.85. The zero-order chi connectivity index (χ0) is 13.7. The van der Waals surface area contributed by atoms with E-state index in [9.17, 15) is 9.90 Å². The second kappa shape index (κ2) is 3.95. The zero-order valence-electron chi connectivity index (χ0n) is 11.4. The fraction of sp³-hybridized carbons (Fsp3) is 0.538. The molecule has 5 heteroatoms. The maximum absolute atomic E-state index is 11.9. The predicted octanol–water partition coefficient (Wildman–Crippen LogP) is 1.33. The van der Waals surface area contributed by atoms with Crippen molar-refractivity contribution in [2.45, 2.75) is 39.3 Å². The van der Waals surface area contributed by atoms with Gasteiger partial charge in [0, 0.05) is 29.8 Å². The molecule has 0 aromatic carbocycles. The Balaban J connectivity index is 2.40. The molecule has 0 aliphatic carbocycles. The fourth-order valence-corrected chi connectivity index (χ4v) is 2.19. The van der Waals surface area contributed by atoms with Gasteiger partial charge in [0.2, 0.25) is 0 Å². The van der Waals surface area contributed by atoms with E-state index in [-0.39, 0.29) is 11.3 Å². The molecule has 1 aliphatic heterocycles. The average molecular weight is 249 g/mol. The van der Waals surface area contributed by atoms with Crippen LogP contribution in [0.25, 0.3) is 0 Å². The van der Waals surface area contributed by atoms with Crippen LogP contribution in [0.2, 0.25) is 0 Å². The Hall–Kier alpha value is -1.62. The molecule has 1 aromatic rings. The average Bonchev–Trinajstić information content (AvgIpc) is 2.69. The Morgan fingerprint density at radius 2 is 2.00 bits per heavy atom. The van der Waals surface area contributed by atoms with Gasteiger partial charge >= 0.3 is 0 Å². The van der Waals surface area contributed by atoms with E-state index in [1.807, 2.05) is 13.1 Å². The van der Waals surface area contributed by atoms with Crippen molar-refractivity contribution in [3.8, 4) is 0 Å². The van der Waals surface area contributed by atoms with E-state index < -0.39 is 6.23 Å². The minimum atomic E-state index is -0.916. The molecule has 1 aliphatic rings. The second-order valence-electron chi connectivity index (χ2n) is 5.70. The topological polar surface area (TPSA) is 58.4 Å². The molecule has 0 saturated carbocycles. The van der Waals surface area contributed by atoms with Crippen LogP contribution in [0.5, 0.6) is 0 Å². The Kier molecular flexibility index (Phi) is 2.81. The van der Waals surface area contributed by atoms with E-state index in [4.69, 9.17) is 0 Å². The molecule has 1 amide bonds. The van der Waals surface area contributed by atoms with E-state index in [0.717, 1.165) is 5.69 Å². The molecule has 0 radical (unpaired) electrons. The predicted molar refractivity (Wildman–Crippen MR) is 69.2 cm³/mol. The number of amides is 1. The van der Waals surface area contributed by atoms with Crippen LogP contribution in [0.15, 0.2) is 17.7 Å². The minimum Gasteiger partial charge on any atom is -0.369 e. The number of nitrogens with zero attached hydrogens (tertiary/aromatic N) is 3. The van der Waals surface area contributed by atoms with Crippen molar-refractivity contribution in [3.63, 3.8) is 0 Å². The van der Waals surface area contributed by atoms with Crippen molar-refractivity contribution in [1.82, 2.24) is 9.78 Å². The normalized spacial score (nSPS) is 20.6. The third kappa shape index (κ3) is 1.95. The molecule has 5 nitrogen and oxygen atoms in total. The van der Waals surface area contributed by atoms with Gasteiger partial charge in [0.15, 0.2) is 12.0 Å². The summed E-state index contributed by atoms with van der Waals surface area (Å²) in [5, 5.41) is 14.2. The number of rotatable bonds is 1. The Morgan fingerprint density at radius 1 is 1.39 bits per heavy atom. The fourth-order valence-electron chi connectivity index (χ4n) is 2.19. The highest BCUT2D eigenvalue weighted by Crippen LogP contribution is 2.29. The molecular formula is C13H19N3O2. The van der Waals surface area contributed by atoms with Gasteiger partial charge in [-0.25, -0.2) is 0 Å². The largest absolute Gasteiger partial charge is 0.369 e. The molecule has 1 atom stereocenters. The number of hydrogen-bond donors (Lipinski definition) is 1. The lowest BCUT2D eigenvalue weighted by Crippen LogP contribution is -2.34. The summed E-state index contributed by atoms with van der Waals surface area (Å²) >= 11 is 0. The minimum absolute atomic E-state index is 0.0593. The monoisotopic (exact) mass is 249 g/mol. The lowest BCUT2D eigenvalue weighted by atomic mass is 9.92.